The van der Waals surface area contributed by atoms with E-state index in [9.17, 15) is 9.59 Å². The van der Waals surface area contributed by atoms with Crippen LogP contribution >= 0.6 is 11.3 Å². The maximum Gasteiger partial charge on any atom is 0.262 e. The van der Waals surface area contributed by atoms with Crippen LogP contribution in [0.5, 0.6) is 11.5 Å². The maximum atomic E-state index is 13.0. The summed E-state index contributed by atoms with van der Waals surface area (Å²) in [6.45, 7) is 3.15. The highest BCUT2D eigenvalue weighted by Crippen LogP contribution is 2.35. The van der Waals surface area contributed by atoms with Crippen LogP contribution in [0.1, 0.15) is 23.8 Å². The van der Waals surface area contributed by atoms with E-state index in [0.717, 1.165) is 29.7 Å². The number of aryl methyl sites for hydroxylation is 1. The first kappa shape index (κ1) is 18.2. The van der Waals surface area contributed by atoms with E-state index in [-0.39, 0.29) is 18.0 Å². The molecule has 0 fully saturated rings. The lowest BCUT2D eigenvalue weighted by atomic mass is 9.89. The molecule has 2 aliphatic rings. The van der Waals surface area contributed by atoms with Crippen LogP contribution in [0.25, 0.3) is 10.2 Å². The number of ether oxygens (including phenoxy) is 2. The van der Waals surface area contributed by atoms with Gasteiger partial charge in [-0.05, 0) is 42.9 Å². The molecule has 3 heterocycles. The van der Waals surface area contributed by atoms with Crippen molar-refractivity contribution in [1.29, 1.82) is 0 Å². The second-order valence-electron chi connectivity index (χ2n) is 7.62. The zero-order valence-corrected chi connectivity index (χ0v) is 16.9. The van der Waals surface area contributed by atoms with Gasteiger partial charge in [-0.15, -0.1) is 11.3 Å². The van der Waals surface area contributed by atoms with E-state index in [1.54, 1.807) is 29.5 Å². The summed E-state index contributed by atoms with van der Waals surface area (Å²) in [5.41, 5.74) is 1.59. The van der Waals surface area contributed by atoms with Gasteiger partial charge in [0.25, 0.3) is 5.56 Å². The van der Waals surface area contributed by atoms with Crippen LogP contribution in [0, 0.1) is 5.92 Å². The van der Waals surface area contributed by atoms with E-state index in [4.69, 9.17) is 9.47 Å². The highest BCUT2D eigenvalue weighted by Gasteiger charge is 2.23. The van der Waals surface area contributed by atoms with Crippen LogP contribution in [0.2, 0.25) is 0 Å². The number of nitrogens with one attached hydrogen (secondary N) is 1. The van der Waals surface area contributed by atoms with Crippen molar-refractivity contribution < 1.29 is 14.3 Å². The zero-order valence-electron chi connectivity index (χ0n) is 16.1. The number of thiophene rings is 1. The fraction of sp³-hybridized carbons (Fsp3) is 0.381. The first-order valence-electron chi connectivity index (χ1n) is 9.77. The highest BCUT2D eigenvalue weighted by molar-refractivity contribution is 7.18. The molecule has 0 spiro atoms. The van der Waals surface area contributed by atoms with Gasteiger partial charge in [0.2, 0.25) is 5.91 Å². The standard InChI is InChI=1S/C21H21N3O4S/c1-12-2-4-14-17(8-12)29-20-19(14)21(26)24(11-22-20)10-18(25)23-13-3-5-15-16(9-13)28-7-6-27-15/h3,5,9,11-12H,2,4,6-8,10H2,1H3,(H,23,25). The average Bonchev–Trinajstić information content (AvgIpc) is 3.08. The molecule has 1 aliphatic heterocycles. The van der Waals surface area contributed by atoms with Gasteiger partial charge in [-0.3, -0.25) is 14.2 Å². The molecular formula is C21H21N3O4S. The van der Waals surface area contributed by atoms with Crippen molar-refractivity contribution in [3.63, 3.8) is 0 Å². The lowest BCUT2D eigenvalue weighted by Crippen LogP contribution is -2.28. The predicted octanol–water partition coefficient (Wildman–Crippen LogP) is 2.99. The van der Waals surface area contributed by atoms with Crippen LogP contribution < -0.4 is 20.3 Å². The Morgan fingerprint density at radius 2 is 2.14 bits per heavy atom. The molecule has 1 unspecified atom stereocenters. The number of rotatable bonds is 3. The average molecular weight is 411 g/mol. The summed E-state index contributed by atoms with van der Waals surface area (Å²) in [6.07, 6.45) is 4.46. The summed E-state index contributed by atoms with van der Waals surface area (Å²) in [4.78, 5) is 32.1. The Labute approximate surface area is 171 Å². The van der Waals surface area contributed by atoms with Crippen LogP contribution in [-0.4, -0.2) is 28.7 Å². The van der Waals surface area contributed by atoms with Gasteiger partial charge in [0, 0.05) is 16.6 Å². The molecule has 150 valence electrons. The predicted molar refractivity (Wildman–Crippen MR) is 111 cm³/mol. The number of benzene rings is 1. The molecule has 29 heavy (non-hydrogen) atoms. The molecule has 0 saturated carbocycles. The lowest BCUT2D eigenvalue weighted by Gasteiger charge is -2.19. The largest absolute Gasteiger partial charge is 0.486 e. The van der Waals surface area contributed by atoms with Crippen LogP contribution in [0.4, 0.5) is 5.69 Å². The Balaban J connectivity index is 1.38. The van der Waals surface area contributed by atoms with Crippen LogP contribution in [0.15, 0.2) is 29.3 Å². The van der Waals surface area contributed by atoms with Gasteiger partial charge in [-0.25, -0.2) is 4.98 Å². The second kappa shape index (κ2) is 7.18. The van der Waals surface area contributed by atoms with Crippen molar-refractivity contribution in [2.45, 2.75) is 32.7 Å². The van der Waals surface area contributed by atoms with Gasteiger partial charge in [-0.1, -0.05) is 6.92 Å². The quantitative estimate of drug-likeness (QED) is 0.717. The van der Waals surface area contributed by atoms with Gasteiger partial charge < -0.3 is 14.8 Å². The van der Waals surface area contributed by atoms with Gasteiger partial charge in [-0.2, -0.15) is 0 Å². The highest BCUT2D eigenvalue weighted by atomic mass is 32.1. The number of aromatic nitrogens is 2. The number of carbonyl (C=O) groups is 1. The molecule has 1 aromatic carbocycles. The molecular weight excluding hydrogens is 390 g/mol. The van der Waals surface area contributed by atoms with E-state index < -0.39 is 0 Å². The van der Waals surface area contributed by atoms with E-state index in [2.05, 4.69) is 17.2 Å². The molecule has 1 atom stereocenters. The minimum absolute atomic E-state index is 0.0861. The molecule has 0 radical (unpaired) electrons. The summed E-state index contributed by atoms with van der Waals surface area (Å²) < 4.78 is 12.4. The molecule has 2 aromatic heterocycles. The smallest absolute Gasteiger partial charge is 0.262 e. The van der Waals surface area contributed by atoms with Crippen molar-refractivity contribution >= 4 is 33.1 Å². The van der Waals surface area contributed by atoms with Crippen molar-refractivity contribution in [2.75, 3.05) is 18.5 Å². The summed E-state index contributed by atoms with van der Waals surface area (Å²) >= 11 is 1.61. The van der Waals surface area contributed by atoms with Crippen molar-refractivity contribution in [3.05, 3.63) is 45.3 Å². The SMILES string of the molecule is CC1CCc2c(sc3ncn(CC(=O)Nc4ccc5c(c4)OCCO5)c(=O)c23)C1. The number of fused-ring (bicyclic) bond motifs is 4. The molecule has 3 aromatic rings. The van der Waals surface area contributed by atoms with E-state index in [0.29, 0.717) is 41.7 Å². The monoisotopic (exact) mass is 411 g/mol. The number of carbonyl (C=O) groups excluding carboxylic acids is 1. The molecule has 8 heteroatoms. The molecule has 1 amide bonds. The first-order chi connectivity index (χ1) is 14.1. The summed E-state index contributed by atoms with van der Waals surface area (Å²) in [5.74, 6) is 1.61. The van der Waals surface area contributed by atoms with Gasteiger partial charge in [0.15, 0.2) is 11.5 Å². The molecule has 7 nitrogen and oxygen atoms in total. The van der Waals surface area contributed by atoms with E-state index >= 15 is 0 Å². The minimum atomic E-state index is -0.289. The summed E-state index contributed by atoms with van der Waals surface area (Å²) in [6, 6.07) is 5.25. The van der Waals surface area contributed by atoms with Crippen molar-refractivity contribution in [1.82, 2.24) is 9.55 Å². The summed E-state index contributed by atoms with van der Waals surface area (Å²) in [7, 11) is 0. The Morgan fingerprint density at radius 3 is 3.00 bits per heavy atom. The van der Waals surface area contributed by atoms with E-state index in [1.165, 1.54) is 15.8 Å². The number of anilines is 1. The van der Waals surface area contributed by atoms with Gasteiger partial charge in [0.05, 0.1) is 11.7 Å². The van der Waals surface area contributed by atoms with Crippen molar-refractivity contribution in [2.24, 2.45) is 5.92 Å². The van der Waals surface area contributed by atoms with Gasteiger partial charge >= 0.3 is 0 Å². The number of amides is 1. The lowest BCUT2D eigenvalue weighted by molar-refractivity contribution is -0.116. The minimum Gasteiger partial charge on any atom is -0.486 e. The molecule has 1 N–H and O–H groups in total. The molecule has 5 rings (SSSR count). The Bertz CT molecular complexity index is 1170. The van der Waals surface area contributed by atoms with Crippen LogP contribution in [0.3, 0.4) is 0 Å². The second-order valence-corrected chi connectivity index (χ2v) is 8.70. The van der Waals surface area contributed by atoms with Gasteiger partial charge in [0.1, 0.15) is 24.6 Å². The summed E-state index contributed by atoms with van der Waals surface area (Å²) in [5, 5.41) is 3.50. The topological polar surface area (TPSA) is 82.5 Å². The third-order valence-corrected chi connectivity index (χ3v) is 6.58. The zero-order chi connectivity index (χ0) is 20.0. The van der Waals surface area contributed by atoms with Crippen LogP contribution in [-0.2, 0) is 24.2 Å². The fourth-order valence-corrected chi connectivity index (χ4v) is 5.30. The Hall–Kier alpha value is -2.87. The number of nitrogens with zero attached hydrogens (tertiary/aromatic N) is 2. The fourth-order valence-electron chi connectivity index (χ4n) is 3.96. The van der Waals surface area contributed by atoms with Crippen molar-refractivity contribution in [3.8, 4) is 11.5 Å². The third kappa shape index (κ3) is 3.37. The molecule has 0 saturated heterocycles. The maximum absolute atomic E-state index is 13.0. The number of hydrogen-bond acceptors (Lipinski definition) is 6. The molecule has 1 aliphatic carbocycles. The Morgan fingerprint density at radius 1 is 1.31 bits per heavy atom. The Kier molecular flexibility index (Phi) is 4.50. The number of hydrogen-bond donors (Lipinski definition) is 1. The normalized spacial score (nSPS) is 17.8. The molecule has 0 bridgehead atoms. The van der Waals surface area contributed by atoms with E-state index in [1.807, 2.05) is 0 Å². The first-order valence-corrected chi connectivity index (χ1v) is 10.6. The third-order valence-electron chi connectivity index (χ3n) is 5.42.